The molecular formula is C10H11N. The van der Waals surface area contributed by atoms with Crippen LogP contribution in [0.3, 0.4) is 0 Å². The van der Waals surface area contributed by atoms with Crippen LogP contribution in [0.4, 0.5) is 0 Å². The molecule has 1 N–H and O–H groups in total. The zero-order chi connectivity index (χ0) is 7.52. The number of hydrogen-bond acceptors (Lipinski definition) is 1. The Hall–Kier alpha value is -1.20. The molecule has 1 aliphatic heterocycles. The molecule has 0 saturated carbocycles. The molecule has 1 nitrogen and oxygen atoms in total. The molecule has 56 valence electrons. The lowest BCUT2D eigenvalue weighted by Gasteiger charge is -2.19. The smallest absolute Gasteiger partial charge is 0.0379 e. The van der Waals surface area contributed by atoms with E-state index in [4.69, 9.17) is 0 Å². The first-order valence-corrected chi connectivity index (χ1v) is 4.03. The van der Waals surface area contributed by atoms with Crippen LogP contribution in [0.2, 0.25) is 0 Å². The lowest BCUT2D eigenvalue weighted by molar-refractivity contribution is 0.669. The van der Waals surface area contributed by atoms with Crippen molar-refractivity contribution < 1.29 is 0 Å². The summed E-state index contributed by atoms with van der Waals surface area (Å²) in [5.74, 6) is 0. The van der Waals surface area contributed by atoms with Gasteiger partial charge in [-0.1, -0.05) is 0 Å². The summed E-state index contributed by atoms with van der Waals surface area (Å²) in [7, 11) is 0. The van der Waals surface area contributed by atoms with Crippen LogP contribution in [-0.2, 0) is 0 Å². The van der Waals surface area contributed by atoms with Gasteiger partial charge in [0.05, 0.1) is 0 Å². The molecule has 0 bridgehead atoms. The molecule has 2 rings (SSSR count). The SMILES string of the molecule is C1=CC=C2CCCNC2=CC=1. The van der Waals surface area contributed by atoms with Gasteiger partial charge in [-0.05, 0) is 42.7 Å². The summed E-state index contributed by atoms with van der Waals surface area (Å²) in [6.07, 6.45) is 10.6. The van der Waals surface area contributed by atoms with E-state index in [1.807, 2.05) is 12.2 Å². The van der Waals surface area contributed by atoms with Crippen LogP contribution in [0.1, 0.15) is 12.8 Å². The lowest BCUT2D eigenvalue weighted by atomic mass is 10.0. The summed E-state index contributed by atoms with van der Waals surface area (Å²) >= 11 is 0. The topological polar surface area (TPSA) is 12.0 Å². The van der Waals surface area contributed by atoms with Crippen LogP contribution in [0, 0.1) is 0 Å². The van der Waals surface area contributed by atoms with Gasteiger partial charge in [0.15, 0.2) is 0 Å². The number of rotatable bonds is 0. The molecular weight excluding hydrogens is 134 g/mol. The van der Waals surface area contributed by atoms with Crippen LogP contribution >= 0.6 is 0 Å². The minimum absolute atomic E-state index is 1.11. The quantitative estimate of drug-likeness (QED) is 0.513. The highest BCUT2D eigenvalue weighted by Crippen LogP contribution is 2.19. The van der Waals surface area contributed by atoms with Gasteiger partial charge in [0.1, 0.15) is 0 Å². The second kappa shape index (κ2) is 2.81. The Morgan fingerprint density at radius 3 is 3.18 bits per heavy atom. The molecule has 2 aliphatic rings. The molecule has 0 radical (unpaired) electrons. The normalized spacial score (nSPS) is 21.1. The van der Waals surface area contributed by atoms with Crippen LogP contribution in [-0.4, -0.2) is 6.54 Å². The number of hydrogen-bond donors (Lipinski definition) is 1. The van der Waals surface area contributed by atoms with Crippen molar-refractivity contribution in [3.05, 3.63) is 41.3 Å². The maximum atomic E-state index is 3.36. The molecule has 1 aliphatic carbocycles. The van der Waals surface area contributed by atoms with Gasteiger partial charge >= 0.3 is 0 Å². The van der Waals surface area contributed by atoms with Crippen LogP contribution in [0.15, 0.2) is 41.3 Å². The Morgan fingerprint density at radius 1 is 1.27 bits per heavy atom. The second-order valence-corrected chi connectivity index (χ2v) is 2.80. The van der Waals surface area contributed by atoms with Crippen molar-refractivity contribution in [2.75, 3.05) is 6.54 Å². The fraction of sp³-hybridized carbons (Fsp3) is 0.300. The fourth-order valence-corrected chi connectivity index (χ4v) is 1.42. The number of piperidine rings is 1. The lowest BCUT2D eigenvalue weighted by Crippen LogP contribution is -2.21. The summed E-state index contributed by atoms with van der Waals surface area (Å²) in [5, 5.41) is 3.36. The van der Waals surface area contributed by atoms with E-state index in [1.54, 1.807) is 0 Å². The standard InChI is InChI=1S/C10H11N/c1-2-5-9-6-4-8-11-10(9)7-3-1/h2-3,5,7,11H,4,6,8H2. The molecule has 0 atom stereocenters. The Labute approximate surface area is 66.8 Å². The maximum absolute atomic E-state index is 3.36. The van der Waals surface area contributed by atoms with Crippen molar-refractivity contribution in [3.63, 3.8) is 0 Å². The molecule has 1 heterocycles. The Kier molecular flexibility index (Phi) is 1.66. The van der Waals surface area contributed by atoms with Crippen LogP contribution in [0.5, 0.6) is 0 Å². The van der Waals surface area contributed by atoms with Crippen LogP contribution < -0.4 is 5.32 Å². The molecule has 0 aromatic rings. The van der Waals surface area contributed by atoms with E-state index in [0.717, 1.165) is 6.54 Å². The minimum atomic E-state index is 1.11. The largest absolute Gasteiger partial charge is 0.385 e. The van der Waals surface area contributed by atoms with Gasteiger partial charge in [-0.25, -0.2) is 0 Å². The maximum Gasteiger partial charge on any atom is 0.0379 e. The van der Waals surface area contributed by atoms with Gasteiger partial charge in [-0.2, -0.15) is 0 Å². The van der Waals surface area contributed by atoms with Gasteiger partial charge < -0.3 is 5.32 Å². The van der Waals surface area contributed by atoms with E-state index >= 15 is 0 Å². The van der Waals surface area contributed by atoms with E-state index < -0.39 is 0 Å². The van der Waals surface area contributed by atoms with Crippen LogP contribution in [0.25, 0.3) is 0 Å². The van der Waals surface area contributed by atoms with Crippen molar-refractivity contribution in [3.8, 4) is 0 Å². The van der Waals surface area contributed by atoms with E-state index in [9.17, 15) is 0 Å². The summed E-state index contributed by atoms with van der Waals surface area (Å²) < 4.78 is 0. The molecule has 1 saturated heterocycles. The highest BCUT2D eigenvalue weighted by molar-refractivity contribution is 5.38. The zero-order valence-electron chi connectivity index (χ0n) is 6.43. The molecule has 0 aromatic carbocycles. The van der Waals surface area contributed by atoms with Gasteiger partial charge in [0.2, 0.25) is 0 Å². The van der Waals surface area contributed by atoms with Crippen molar-refractivity contribution in [2.24, 2.45) is 0 Å². The third-order valence-corrected chi connectivity index (χ3v) is 2.01. The first kappa shape index (κ1) is 6.51. The first-order chi connectivity index (χ1) is 5.47. The Morgan fingerprint density at radius 2 is 2.18 bits per heavy atom. The van der Waals surface area contributed by atoms with Crippen molar-refractivity contribution in [1.82, 2.24) is 5.32 Å². The highest BCUT2D eigenvalue weighted by atomic mass is 14.9. The number of fused-ring (bicyclic) bond motifs is 1. The summed E-state index contributed by atoms with van der Waals surface area (Å²) in [5.41, 5.74) is 5.75. The Bertz CT molecular complexity index is 249. The molecule has 0 aromatic heterocycles. The van der Waals surface area contributed by atoms with E-state index in [0.29, 0.717) is 0 Å². The van der Waals surface area contributed by atoms with E-state index in [2.05, 4.69) is 23.2 Å². The van der Waals surface area contributed by atoms with E-state index in [1.165, 1.54) is 24.1 Å². The molecule has 1 fully saturated rings. The van der Waals surface area contributed by atoms with Gasteiger partial charge in [0, 0.05) is 12.2 Å². The predicted molar refractivity (Wildman–Crippen MR) is 46.1 cm³/mol. The van der Waals surface area contributed by atoms with Crippen molar-refractivity contribution >= 4 is 0 Å². The van der Waals surface area contributed by atoms with Gasteiger partial charge in [0.25, 0.3) is 0 Å². The third kappa shape index (κ3) is 1.28. The average molecular weight is 145 g/mol. The third-order valence-electron chi connectivity index (χ3n) is 2.01. The van der Waals surface area contributed by atoms with E-state index in [-0.39, 0.29) is 0 Å². The molecule has 0 amide bonds. The number of nitrogens with one attached hydrogen (secondary N) is 1. The molecule has 0 spiro atoms. The summed E-state index contributed by atoms with van der Waals surface area (Å²) in [6.45, 7) is 1.11. The average Bonchev–Trinajstić information content (AvgIpc) is 2.28. The highest BCUT2D eigenvalue weighted by Gasteiger charge is 2.09. The second-order valence-electron chi connectivity index (χ2n) is 2.80. The molecule has 11 heavy (non-hydrogen) atoms. The number of allylic oxidation sites excluding steroid dienone is 4. The van der Waals surface area contributed by atoms with Gasteiger partial charge in [-0.3, -0.25) is 0 Å². The van der Waals surface area contributed by atoms with Gasteiger partial charge in [-0.15, -0.1) is 5.73 Å². The molecule has 1 heteroatoms. The predicted octanol–water partition coefficient (Wildman–Crippen LogP) is 1.90. The minimum Gasteiger partial charge on any atom is -0.385 e. The zero-order valence-corrected chi connectivity index (χ0v) is 6.43. The summed E-state index contributed by atoms with van der Waals surface area (Å²) in [4.78, 5) is 0. The fourth-order valence-electron chi connectivity index (χ4n) is 1.42. The monoisotopic (exact) mass is 145 g/mol. The summed E-state index contributed by atoms with van der Waals surface area (Å²) in [6, 6.07) is 0. The van der Waals surface area contributed by atoms with Crippen molar-refractivity contribution in [1.29, 1.82) is 0 Å². The molecule has 0 unspecified atom stereocenters. The first-order valence-electron chi connectivity index (χ1n) is 4.03. The Balaban J connectivity index is 2.33. The van der Waals surface area contributed by atoms with Crippen molar-refractivity contribution in [2.45, 2.75) is 12.8 Å².